The number of likely N-dealkylation sites (tertiary alicyclic amines) is 1. The monoisotopic (exact) mass is 537 g/mol. The van der Waals surface area contributed by atoms with Crippen LogP contribution in [0.3, 0.4) is 0 Å². The van der Waals surface area contributed by atoms with Crippen LogP contribution in [0.4, 0.5) is 19.0 Å². The molecular weight excluding hydrogens is 515 g/mol. The minimum Gasteiger partial charge on any atom is -0.341 e. The highest BCUT2D eigenvalue weighted by Crippen LogP contribution is 2.34. The largest absolute Gasteiger partial charge is 0.433 e. The summed E-state index contributed by atoms with van der Waals surface area (Å²) in [6.45, 7) is 1.10. The average molecular weight is 538 g/mol. The van der Waals surface area contributed by atoms with Gasteiger partial charge in [0.05, 0.1) is 23.1 Å². The van der Waals surface area contributed by atoms with Crippen molar-refractivity contribution in [3.63, 3.8) is 0 Å². The molecule has 0 bridgehead atoms. The summed E-state index contributed by atoms with van der Waals surface area (Å²) in [7, 11) is 0. The highest BCUT2D eigenvalue weighted by atomic mass is 19.4. The van der Waals surface area contributed by atoms with Gasteiger partial charge in [-0.25, -0.2) is 9.67 Å². The highest BCUT2D eigenvalue weighted by Gasteiger charge is 2.36. The van der Waals surface area contributed by atoms with Crippen LogP contribution in [0, 0.1) is 0 Å². The quantitative estimate of drug-likeness (QED) is 0.403. The van der Waals surface area contributed by atoms with Crippen LogP contribution in [0.25, 0.3) is 16.9 Å². The first kappa shape index (κ1) is 25.8. The van der Waals surface area contributed by atoms with E-state index < -0.39 is 23.3 Å². The summed E-state index contributed by atoms with van der Waals surface area (Å²) in [4.78, 5) is 47.1. The van der Waals surface area contributed by atoms with E-state index in [1.807, 2.05) is 0 Å². The fourth-order valence-electron chi connectivity index (χ4n) is 4.21. The Balaban J connectivity index is 1.34. The number of hydrogen-bond donors (Lipinski definition) is 1. The van der Waals surface area contributed by atoms with E-state index in [9.17, 15) is 27.6 Å². The molecular formula is C26H22F3N7O3. The lowest BCUT2D eigenvalue weighted by atomic mass is 10.2. The molecule has 200 valence electrons. The maximum Gasteiger partial charge on any atom is 0.433 e. The predicted octanol–water partition coefficient (Wildman–Crippen LogP) is 3.38. The van der Waals surface area contributed by atoms with Crippen molar-refractivity contribution in [1.29, 1.82) is 0 Å². The molecule has 0 radical (unpaired) electrons. The van der Waals surface area contributed by atoms with Crippen molar-refractivity contribution < 1.29 is 22.8 Å². The van der Waals surface area contributed by atoms with Crippen molar-refractivity contribution in [3.8, 4) is 16.9 Å². The number of anilines is 1. The minimum atomic E-state index is -4.68. The molecule has 0 aliphatic carbocycles. The van der Waals surface area contributed by atoms with E-state index in [1.165, 1.54) is 47.4 Å². The number of nitrogens with zero attached hydrogens (tertiary/aromatic N) is 6. The van der Waals surface area contributed by atoms with Crippen molar-refractivity contribution in [2.45, 2.75) is 25.6 Å². The van der Waals surface area contributed by atoms with Crippen LogP contribution in [-0.4, -0.2) is 54.1 Å². The van der Waals surface area contributed by atoms with Crippen LogP contribution in [0.1, 0.15) is 28.9 Å². The maximum absolute atomic E-state index is 13.7. The lowest BCUT2D eigenvalue weighted by Gasteiger charge is -2.16. The molecule has 39 heavy (non-hydrogen) atoms. The summed E-state index contributed by atoms with van der Waals surface area (Å²) in [5, 5.41) is 6.64. The van der Waals surface area contributed by atoms with E-state index in [1.54, 1.807) is 17.0 Å². The molecule has 1 aliphatic rings. The summed E-state index contributed by atoms with van der Waals surface area (Å²) in [5.74, 6) is -0.734. The number of carbonyl (C=O) groups is 2. The van der Waals surface area contributed by atoms with Crippen LogP contribution in [0.2, 0.25) is 0 Å². The van der Waals surface area contributed by atoms with Gasteiger partial charge in [-0.1, -0.05) is 0 Å². The third-order valence-electron chi connectivity index (χ3n) is 6.20. The van der Waals surface area contributed by atoms with Crippen molar-refractivity contribution in [2.24, 2.45) is 0 Å². The third-order valence-corrected chi connectivity index (χ3v) is 6.20. The first-order chi connectivity index (χ1) is 18.7. The van der Waals surface area contributed by atoms with Gasteiger partial charge in [-0.2, -0.15) is 18.3 Å². The van der Waals surface area contributed by atoms with E-state index in [2.05, 4.69) is 20.4 Å². The van der Waals surface area contributed by atoms with Crippen LogP contribution < -0.4 is 10.9 Å². The van der Waals surface area contributed by atoms with Gasteiger partial charge in [0.2, 0.25) is 5.91 Å². The van der Waals surface area contributed by atoms with Crippen LogP contribution in [0.5, 0.6) is 0 Å². The number of amides is 2. The molecule has 13 heteroatoms. The van der Waals surface area contributed by atoms with E-state index >= 15 is 0 Å². The molecule has 5 heterocycles. The third kappa shape index (κ3) is 5.71. The SMILES string of the molecule is O=C(Nc1ccc(-n2nc(-c3cccnc3)cc2C(F)(F)F)cn1)c1ccc(=O)n(CC(=O)N2CCCC2)c1. The van der Waals surface area contributed by atoms with Crippen molar-refractivity contribution >= 4 is 17.6 Å². The molecule has 5 rings (SSSR count). The number of halogens is 3. The average Bonchev–Trinajstić information content (AvgIpc) is 3.62. The molecule has 2 amide bonds. The molecule has 1 N–H and O–H groups in total. The second-order valence-corrected chi connectivity index (χ2v) is 8.89. The number of pyridine rings is 3. The molecule has 1 fully saturated rings. The summed E-state index contributed by atoms with van der Waals surface area (Å²) in [6.07, 6.45) is 2.51. The van der Waals surface area contributed by atoms with Gasteiger partial charge >= 0.3 is 6.18 Å². The lowest BCUT2D eigenvalue weighted by Crippen LogP contribution is -2.34. The molecule has 0 atom stereocenters. The molecule has 10 nitrogen and oxygen atoms in total. The minimum absolute atomic E-state index is 0.0319. The number of nitrogens with one attached hydrogen (secondary N) is 1. The lowest BCUT2D eigenvalue weighted by molar-refractivity contribution is -0.142. The van der Waals surface area contributed by atoms with Gasteiger partial charge < -0.3 is 14.8 Å². The number of alkyl halides is 3. The van der Waals surface area contributed by atoms with Crippen molar-refractivity contribution in [3.05, 3.63) is 88.9 Å². The van der Waals surface area contributed by atoms with Gasteiger partial charge in [0.1, 0.15) is 18.1 Å². The van der Waals surface area contributed by atoms with Gasteiger partial charge in [-0.15, -0.1) is 0 Å². The molecule has 0 aromatic carbocycles. The second-order valence-electron chi connectivity index (χ2n) is 8.89. The van der Waals surface area contributed by atoms with Gasteiger partial charge in [0.15, 0.2) is 0 Å². The topological polar surface area (TPSA) is 115 Å². The predicted molar refractivity (Wildman–Crippen MR) is 134 cm³/mol. The molecule has 0 saturated carbocycles. The number of rotatable bonds is 6. The van der Waals surface area contributed by atoms with Gasteiger partial charge in [0, 0.05) is 43.3 Å². The summed E-state index contributed by atoms with van der Waals surface area (Å²) < 4.78 is 43.1. The Morgan fingerprint density at radius 3 is 2.49 bits per heavy atom. The van der Waals surface area contributed by atoms with Crippen molar-refractivity contribution in [1.82, 2.24) is 29.2 Å². The number of hydrogen-bond acceptors (Lipinski definition) is 6. The van der Waals surface area contributed by atoms with E-state index in [-0.39, 0.29) is 35.2 Å². The first-order valence-electron chi connectivity index (χ1n) is 12.0. The number of aromatic nitrogens is 5. The van der Waals surface area contributed by atoms with Crippen molar-refractivity contribution in [2.75, 3.05) is 18.4 Å². The Morgan fingerprint density at radius 2 is 1.82 bits per heavy atom. The zero-order valence-corrected chi connectivity index (χ0v) is 20.4. The summed E-state index contributed by atoms with van der Waals surface area (Å²) in [5.41, 5.74) is -0.766. The van der Waals surface area contributed by atoms with E-state index in [0.29, 0.717) is 18.7 Å². The fraction of sp³-hybridized carbons (Fsp3) is 0.231. The Kier molecular flexibility index (Phi) is 6.96. The first-order valence-corrected chi connectivity index (χ1v) is 12.0. The molecule has 1 saturated heterocycles. The fourth-order valence-corrected chi connectivity index (χ4v) is 4.21. The second kappa shape index (κ2) is 10.5. The van der Waals surface area contributed by atoms with Crippen LogP contribution >= 0.6 is 0 Å². The summed E-state index contributed by atoms with van der Waals surface area (Å²) in [6, 6.07) is 9.32. The molecule has 4 aromatic heterocycles. The smallest absolute Gasteiger partial charge is 0.341 e. The van der Waals surface area contributed by atoms with Gasteiger partial charge in [-0.05, 0) is 49.2 Å². The van der Waals surface area contributed by atoms with Gasteiger partial charge in [-0.3, -0.25) is 19.4 Å². The van der Waals surface area contributed by atoms with E-state index in [0.717, 1.165) is 29.8 Å². The molecule has 0 spiro atoms. The van der Waals surface area contributed by atoms with Crippen LogP contribution in [-0.2, 0) is 17.5 Å². The standard InChI is InChI=1S/C26H22F3N7O3/c27-26(28,29)21-12-20(17-4-3-9-30-13-17)33-36(21)19-6-7-22(31-14-19)32-25(39)18-5-8-23(37)35(15-18)16-24(38)34-10-1-2-11-34/h3-9,12-15H,1-2,10-11,16H2,(H,31,32,39). The highest BCUT2D eigenvalue weighted by molar-refractivity contribution is 6.03. The summed E-state index contributed by atoms with van der Waals surface area (Å²) >= 11 is 0. The van der Waals surface area contributed by atoms with E-state index in [4.69, 9.17) is 0 Å². The molecule has 4 aromatic rings. The van der Waals surface area contributed by atoms with Gasteiger partial charge in [0.25, 0.3) is 11.5 Å². The normalized spacial score (nSPS) is 13.5. The molecule has 0 unspecified atom stereocenters. The Labute approximate surface area is 219 Å². The maximum atomic E-state index is 13.7. The molecule has 1 aliphatic heterocycles. The number of carbonyl (C=O) groups excluding carboxylic acids is 2. The Hall–Kier alpha value is -4.81. The zero-order chi connectivity index (χ0) is 27.6. The Morgan fingerprint density at radius 1 is 1.03 bits per heavy atom. The zero-order valence-electron chi connectivity index (χ0n) is 20.4. The van der Waals surface area contributed by atoms with Crippen LogP contribution in [0.15, 0.2) is 72.0 Å². The Bertz CT molecular complexity index is 1560.